The molecule has 2 aromatic carbocycles. The van der Waals surface area contributed by atoms with Crippen LogP contribution in [0, 0.1) is 13.8 Å². The van der Waals surface area contributed by atoms with Crippen molar-refractivity contribution < 1.29 is 19.8 Å². The summed E-state index contributed by atoms with van der Waals surface area (Å²) in [5.74, 6) is 0.342. The number of carbonyl (C=O) groups is 1. The minimum Gasteiger partial charge on any atom is -0.493 e. The lowest BCUT2D eigenvalue weighted by Crippen LogP contribution is -2.48. The van der Waals surface area contributed by atoms with Gasteiger partial charge in [-0.1, -0.05) is 30.3 Å². The molecule has 0 atom stereocenters. The topological polar surface area (TPSA) is 54.0 Å². The molecule has 162 valence electrons. The largest absolute Gasteiger partial charge is 0.493 e. The van der Waals surface area contributed by atoms with E-state index in [1.54, 1.807) is 18.2 Å². The number of benzene rings is 2. The molecule has 6 nitrogen and oxygen atoms in total. The zero-order chi connectivity index (χ0) is 24.9. The molecule has 2 aromatic rings. The van der Waals surface area contributed by atoms with Crippen LogP contribution in [-0.4, -0.2) is 68.6 Å². The summed E-state index contributed by atoms with van der Waals surface area (Å²) < 4.78 is 44.5. The van der Waals surface area contributed by atoms with Crippen LogP contribution in [0.2, 0.25) is 0 Å². The highest BCUT2D eigenvalue weighted by atomic mass is 16.5. The first-order valence-corrected chi connectivity index (χ1v) is 10.1. The van der Waals surface area contributed by atoms with Gasteiger partial charge in [0.05, 0.1) is 23.0 Å². The number of hydrogen-bond acceptors (Lipinski definition) is 5. The molecule has 1 heterocycles. The maximum Gasteiger partial charge on any atom is 0.238 e. The number of ether oxygens (including phenoxy) is 2. The second-order valence-electron chi connectivity index (χ2n) is 7.29. The molecule has 1 fully saturated rings. The van der Waals surface area contributed by atoms with Gasteiger partial charge in [-0.2, -0.15) is 0 Å². The number of anilines is 1. The number of nitrogens with zero attached hydrogens (tertiary/aromatic N) is 2. The van der Waals surface area contributed by atoms with Crippen LogP contribution in [0.25, 0.3) is 0 Å². The number of nitrogens with one attached hydrogen (secondary N) is 1. The number of piperazine rings is 1. The molecule has 1 saturated heterocycles. The number of rotatable bonds is 9. The summed E-state index contributed by atoms with van der Waals surface area (Å²) >= 11 is 0. The highest BCUT2D eigenvalue weighted by Crippen LogP contribution is 2.25. The standard InChI is InChI=1S/C24H33N3O3/c1-19-8-6-9-20(2)24(19)25-23(28)18-27-15-13-26(14-16-27)12-7-17-30-22-11-5-4-10-21(22)29-3/h4-6,8-11H,7,12-18H2,1-3H3,(H,25,28)/i7D2,18D2. The van der Waals surface area contributed by atoms with E-state index in [1.807, 2.05) is 43.0 Å². The van der Waals surface area contributed by atoms with Crippen LogP contribution in [0.1, 0.15) is 23.0 Å². The maximum absolute atomic E-state index is 12.8. The van der Waals surface area contributed by atoms with E-state index in [0.717, 1.165) is 11.1 Å². The Hall–Kier alpha value is -2.57. The minimum absolute atomic E-state index is 0.132. The Balaban J connectivity index is 1.53. The van der Waals surface area contributed by atoms with Crippen molar-refractivity contribution in [2.75, 3.05) is 58.3 Å². The zero-order valence-corrected chi connectivity index (χ0v) is 17.9. The third-order valence-corrected chi connectivity index (χ3v) is 5.09. The van der Waals surface area contributed by atoms with E-state index in [9.17, 15) is 4.79 Å². The van der Waals surface area contributed by atoms with Crippen molar-refractivity contribution in [3.63, 3.8) is 0 Å². The summed E-state index contributed by atoms with van der Waals surface area (Å²) in [7, 11) is 1.54. The molecular weight excluding hydrogens is 378 g/mol. The Morgan fingerprint density at radius 3 is 2.30 bits per heavy atom. The Kier molecular flexibility index (Phi) is 6.28. The van der Waals surface area contributed by atoms with Gasteiger partial charge in [-0.05, 0) is 43.5 Å². The number of amides is 1. The van der Waals surface area contributed by atoms with Crippen molar-refractivity contribution in [2.45, 2.75) is 20.2 Å². The molecule has 0 saturated carbocycles. The van der Waals surface area contributed by atoms with E-state index in [4.69, 9.17) is 15.0 Å². The van der Waals surface area contributed by atoms with Gasteiger partial charge >= 0.3 is 0 Å². The minimum atomic E-state index is -2.17. The smallest absolute Gasteiger partial charge is 0.238 e. The SMILES string of the molecule is [2H]C([2H])(COc1ccccc1OC)CN1CCN(C([2H])([2H])C(=O)Nc2c(C)cccc2C)CC1. The molecule has 0 aliphatic carbocycles. The van der Waals surface area contributed by atoms with Gasteiger partial charge in [0.25, 0.3) is 0 Å². The summed E-state index contributed by atoms with van der Waals surface area (Å²) in [6.07, 6.45) is -1.61. The van der Waals surface area contributed by atoms with Crippen molar-refractivity contribution in [1.82, 2.24) is 9.80 Å². The predicted octanol–water partition coefficient (Wildman–Crippen LogP) is 3.34. The number of aryl methyl sites for hydroxylation is 2. The van der Waals surface area contributed by atoms with Gasteiger partial charge in [-0.3, -0.25) is 9.69 Å². The highest BCUT2D eigenvalue weighted by Gasteiger charge is 2.19. The lowest BCUT2D eigenvalue weighted by Gasteiger charge is -2.34. The van der Waals surface area contributed by atoms with Gasteiger partial charge in [0, 0.05) is 41.2 Å². The second kappa shape index (κ2) is 11.0. The first-order valence-electron chi connectivity index (χ1n) is 12.1. The molecular formula is C24H33N3O3. The van der Waals surface area contributed by atoms with E-state index in [2.05, 4.69) is 5.32 Å². The number of para-hydroxylation sites is 3. The van der Waals surface area contributed by atoms with E-state index in [0.29, 0.717) is 43.4 Å². The van der Waals surface area contributed by atoms with Crippen LogP contribution in [0.15, 0.2) is 42.5 Å². The van der Waals surface area contributed by atoms with Crippen LogP contribution in [0.3, 0.4) is 0 Å². The first kappa shape index (κ1) is 17.1. The molecule has 0 bridgehead atoms. The lowest BCUT2D eigenvalue weighted by atomic mass is 10.1. The Morgan fingerprint density at radius 2 is 1.63 bits per heavy atom. The van der Waals surface area contributed by atoms with Gasteiger partial charge < -0.3 is 19.7 Å². The lowest BCUT2D eigenvalue weighted by molar-refractivity contribution is -0.117. The molecule has 1 N–H and O–H groups in total. The second-order valence-corrected chi connectivity index (χ2v) is 7.29. The van der Waals surface area contributed by atoms with Crippen LogP contribution >= 0.6 is 0 Å². The van der Waals surface area contributed by atoms with E-state index >= 15 is 0 Å². The van der Waals surface area contributed by atoms with E-state index in [-0.39, 0.29) is 13.2 Å². The van der Waals surface area contributed by atoms with Gasteiger partial charge in [-0.15, -0.1) is 0 Å². The molecule has 3 rings (SSSR count). The zero-order valence-electron chi connectivity index (χ0n) is 21.9. The number of methoxy groups -OCH3 is 1. The Labute approximate surface area is 185 Å². The average Bonchev–Trinajstić information content (AvgIpc) is 2.80. The Bertz CT molecular complexity index is 975. The van der Waals surface area contributed by atoms with Crippen LogP contribution in [-0.2, 0) is 4.79 Å². The molecule has 0 unspecified atom stereocenters. The fourth-order valence-corrected chi connectivity index (χ4v) is 3.39. The summed E-state index contributed by atoms with van der Waals surface area (Å²) in [6, 6.07) is 12.8. The van der Waals surface area contributed by atoms with Crippen LogP contribution < -0.4 is 14.8 Å². The fourth-order valence-electron chi connectivity index (χ4n) is 3.39. The molecule has 6 heteroatoms. The van der Waals surface area contributed by atoms with Gasteiger partial charge in [0.15, 0.2) is 11.5 Å². The molecule has 0 radical (unpaired) electrons. The highest BCUT2D eigenvalue weighted by molar-refractivity contribution is 5.93. The summed E-state index contributed by atoms with van der Waals surface area (Å²) in [4.78, 5) is 16.2. The van der Waals surface area contributed by atoms with Crippen LogP contribution in [0.4, 0.5) is 5.69 Å². The third-order valence-electron chi connectivity index (χ3n) is 5.09. The van der Waals surface area contributed by atoms with Crippen molar-refractivity contribution >= 4 is 11.6 Å². The quantitative estimate of drug-likeness (QED) is 0.681. The molecule has 1 aliphatic heterocycles. The molecule has 1 aliphatic rings. The van der Waals surface area contributed by atoms with E-state index < -0.39 is 18.8 Å². The van der Waals surface area contributed by atoms with Crippen molar-refractivity contribution in [2.24, 2.45) is 0 Å². The monoisotopic (exact) mass is 415 g/mol. The molecule has 0 spiro atoms. The summed E-state index contributed by atoms with van der Waals surface area (Å²) in [5.41, 5.74) is 2.40. The summed E-state index contributed by atoms with van der Waals surface area (Å²) in [5, 5.41) is 2.75. The normalized spacial score (nSPS) is 18.0. The third kappa shape index (κ3) is 6.21. The maximum atomic E-state index is 12.8. The van der Waals surface area contributed by atoms with Crippen LogP contribution in [0.5, 0.6) is 11.5 Å². The average molecular weight is 416 g/mol. The summed E-state index contributed by atoms with van der Waals surface area (Å²) in [6.45, 7) is 3.12. The van der Waals surface area contributed by atoms with E-state index in [1.165, 1.54) is 12.0 Å². The predicted molar refractivity (Wildman–Crippen MR) is 121 cm³/mol. The fraction of sp³-hybridized carbons (Fsp3) is 0.458. The first-order chi connectivity index (χ1) is 16.0. The van der Waals surface area contributed by atoms with Crippen molar-refractivity contribution in [1.29, 1.82) is 0 Å². The molecule has 1 amide bonds. The molecule has 0 aromatic heterocycles. The van der Waals surface area contributed by atoms with Crippen molar-refractivity contribution in [3.05, 3.63) is 53.6 Å². The van der Waals surface area contributed by atoms with Gasteiger partial charge in [-0.25, -0.2) is 0 Å². The van der Waals surface area contributed by atoms with Gasteiger partial charge in [0.2, 0.25) is 5.91 Å². The molecule has 30 heavy (non-hydrogen) atoms. The Morgan fingerprint density at radius 1 is 1.00 bits per heavy atom. The number of hydrogen-bond donors (Lipinski definition) is 1. The number of carbonyl (C=O) groups excluding carboxylic acids is 1. The van der Waals surface area contributed by atoms with Gasteiger partial charge in [0.1, 0.15) is 0 Å². The van der Waals surface area contributed by atoms with Crippen molar-refractivity contribution in [3.8, 4) is 11.5 Å².